The first kappa shape index (κ1) is 17.1. The molecule has 0 aliphatic heterocycles. The molecule has 120 valence electrons. The Hall–Kier alpha value is -2.21. The highest BCUT2D eigenvalue weighted by atomic mass is 79.9. The van der Waals surface area contributed by atoms with Crippen molar-refractivity contribution in [3.05, 3.63) is 63.9 Å². The highest BCUT2D eigenvalue weighted by Crippen LogP contribution is 2.11. The molecule has 2 aromatic rings. The average molecular weight is 376 g/mol. The van der Waals surface area contributed by atoms with Crippen molar-refractivity contribution in [2.45, 2.75) is 26.4 Å². The lowest BCUT2D eigenvalue weighted by molar-refractivity contribution is 0.0936. The van der Waals surface area contributed by atoms with Gasteiger partial charge in [-0.2, -0.15) is 0 Å². The van der Waals surface area contributed by atoms with Crippen LogP contribution < -0.4 is 10.6 Å². The molecule has 0 unspecified atom stereocenters. The molecule has 0 radical (unpaired) electrons. The number of carbonyl (C=O) groups excluding carboxylic acids is 2. The molecule has 0 spiro atoms. The number of hydrogen-bond acceptors (Lipinski definition) is 3. The van der Waals surface area contributed by atoms with Crippen LogP contribution >= 0.6 is 15.9 Å². The molecule has 0 aliphatic rings. The Balaban J connectivity index is 2.03. The van der Waals surface area contributed by atoms with Gasteiger partial charge in [0.1, 0.15) is 11.4 Å². The predicted molar refractivity (Wildman–Crippen MR) is 92.2 cm³/mol. The lowest BCUT2D eigenvalue weighted by Gasteiger charge is -2.09. The van der Waals surface area contributed by atoms with Crippen LogP contribution in [0, 0.1) is 0 Å². The van der Waals surface area contributed by atoms with Crippen LogP contribution in [0.4, 0.5) is 0 Å². The number of aromatic nitrogens is 1. The number of amides is 2. The minimum Gasteiger partial charge on any atom is -0.349 e. The van der Waals surface area contributed by atoms with Crippen LogP contribution in [0.25, 0.3) is 0 Å². The number of nitrogens with one attached hydrogen (secondary N) is 2. The summed E-state index contributed by atoms with van der Waals surface area (Å²) in [6.07, 6.45) is 0. The topological polar surface area (TPSA) is 71.1 Å². The van der Waals surface area contributed by atoms with E-state index in [0.29, 0.717) is 6.54 Å². The first-order valence-electron chi connectivity index (χ1n) is 7.26. The smallest absolute Gasteiger partial charge is 0.270 e. The molecule has 1 heterocycles. The second-order valence-electron chi connectivity index (χ2n) is 5.35. The molecule has 1 aromatic carbocycles. The molecule has 0 saturated heterocycles. The zero-order valence-electron chi connectivity index (χ0n) is 13.0. The van der Waals surface area contributed by atoms with Crippen molar-refractivity contribution in [3.8, 4) is 0 Å². The SMILES string of the molecule is CC(C)NC(=O)c1cccc(C(=O)NCc2cccc(Br)c2)n1. The largest absolute Gasteiger partial charge is 0.349 e. The quantitative estimate of drug-likeness (QED) is 0.843. The maximum absolute atomic E-state index is 12.2. The number of benzene rings is 1. The lowest BCUT2D eigenvalue weighted by Crippen LogP contribution is -2.31. The molecule has 0 fully saturated rings. The van der Waals surface area contributed by atoms with Crippen LogP contribution in [0.15, 0.2) is 46.9 Å². The standard InChI is InChI=1S/C17H18BrN3O2/c1-11(2)20-17(23)15-8-4-7-14(21-15)16(22)19-10-12-5-3-6-13(18)9-12/h3-9,11H,10H2,1-2H3,(H,19,22)(H,20,23). The molecule has 0 saturated carbocycles. The number of carbonyl (C=O) groups is 2. The third-order valence-electron chi connectivity index (χ3n) is 2.98. The molecule has 1 aromatic heterocycles. The third-order valence-corrected chi connectivity index (χ3v) is 3.47. The zero-order valence-corrected chi connectivity index (χ0v) is 14.6. The fourth-order valence-corrected chi connectivity index (χ4v) is 2.39. The third kappa shape index (κ3) is 5.17. The summed E-state index contributed by atoms with van der Waals surface area (Å²) in [5.74, 6) is -0.606. The van der Waals surface area contributed by atoms with E-state index in [1.165, 1.54) is 0 Å². The highest BCUT2D eigenvalue weighted by molar-refractivity contribution is 9.10. The van der Waals surface area contributed by atoms with E-state index in [1.54, 1.807) is 18.2 Å². The molecular weight excluding hydrogens is 358 g/mol. The fourth-order valence-electron chi connectivity index (χ4n) is 1.94. The summed E-state index contributed by atoms with van der Waals surface area (Å²) >= 11 is 3.39. The van der Waals surface area contributed by atoms with Crippen molar-refractivity contribution in [1.29, 1.82) is 0 Å². The van der Waals surface area contributed by atoms with Gasteiger partial charge in [0.25, 0.3) is 11.8 Å². The number of nitrogens with zero attached hydrogens (tertiary/aromatic N) is 1. The molecule has 0 atom stereocenters. The average Bonchev–Trinajstić information content (AvgIpc) is 2.52. The molecule has 2 amide bonds. The minimum atomic E-state index is -0.316. The van der Waals surface area contributed by atoms with Gasteiger partial charge in [0.2, 0.25) is 0 Å². The number of halogens is 1. The fraction of sp³-hybridized carbons (Fsp3) is 0.235. The van der Waals surface area contributed by atoms with E-state index >= 15 is 0 Å². The number of pyridine rings is 1. The summed E-state index contributed by atoms with van der Waals surface area (Å²) in [4.78, 5) is 28.2. The molecule has 0 aliphatic carbocycles. The van der Waals surface area contributed by atoms with E-state index in [0.717, 1.165) is 10.0 Å². The van der Waals surface area contributed by atoms with Gasteiger partial charge in [-0.1, -0.05) is 34.1 Å². The van der Waals surface area contributed by atoms with Crippen LogP contribution in [0.2, 0.25) is 0 Å². The zero-order chi connectivity index (χ0) is 16.8. The van der Waals surface area contributed by atoms with Gasteiger partial charge in [-0.3, -0.25) is 9.59 Å². The summed E-state index contributed by atoms with van der Waals surface area (Å²) in [5.41, 5.74) is 1.42. The highest BCUT2D eigenvalue weighted by Gasteiger charge is 2.12. The van der Waals surface area contributed by atoms with E-state index in [1.807, 2.05) is 38.1 Å². The van der Waals surface area contributed by atoms with Crippen LogP contribution in [-0.2, 0) is 6.54 Å². The van der Waals surface area contributed by atoms with Crippen molar-refractivity contribution in [2.24, 2.45) is 0 Å². The van der Waals surface area contributed by atoms with E-state index in [9.17, 15) is 9.59 Å². The molecule has 6 heteroatoms. The van der Waals surface area contributed by atoms with Crippen LogP contribution in [0.5, 0.6) is 0 Å². The van der Waals surface area contributed by atoms with Crippen molar-refractivity contribution >= 4 is 27.7 Å². The first-order chi connectivity index (χ1) is 11.0. The Labute approximate surface area is 143 Å². The Morgan fingerprint density at radius 3 is 2.39 bits per heavy atom. The summed E-state index contributed by atoms with van der Waals surface area (Å²) in [5, 5.41) is 5.55. The van der Waals surface area contributed by atoms with Gasteiger partial charge < -0.3 is 10.6 Å². The number of rotatable bonds is 5. The van der Waals surface area contributed by atoms with Gasteiger partial charge in [0.05, 0.1) is 0 Å². The molecule has 5 nitrogen and oxygen atoms in total. The monoisotopic (exact) mass is 375 g/mol. The summed E-state index contributed by atoms with van der Waals surface area (Å²) in [6, 6.07) is 12.5. The van der Waals surface area contributed by atoms with Crippen molar-refractivity contribution < 1.29 is 9.59 Å². The van der Waals surface area contributed by atoms with Crippen LogP contribution in [-0.4, -0.2) is 22.8 Å². The van der Waals surface area contributed by atoms with Gasteiger partial charge in [0.15, 0.2) is 0 Å². The van der Waals surface area contributed by atoms with Gasteiger partial charge in [-0.25, -0.2) is 4.98 Å². The van der Waals surface area contributed by atoms with E-state index in [2.05, 4.69) is 31.5 Å². The summed E-state index contributed by atoms with van der Waals surface area (Å²) < 4.78 is 0.953. The Kier molecular flexibility index (Phi) is 5.87. The minimum absolute atomic E-state index is 0.0123. The van der Waals surface area contributed by atoms with Crippen molar-refractivity contribution in [1.82, 2.24) is 15.6 Å². The normalized spacial score (nSPS) is 10.4. The van der Waals surface area contributed by atoms with E-state index < -0.39 is 0 Å². The van der Waals surface area contributed by atoms with E-state index in [-0.39, 0.29) is 29.2 Å². The predicted octanol–water partition coefficient (Wildman–Crippen LogP) is 2.91. The second-order valence-corrected chi connectivity index (χ2v) is 6.26. The van der Waals surface area contributed by atoms with Crippen LogP contribution in [0.1, 0.15) is 40.4 Å². The lowest BCUT2D eigenvalue weighted by atomic mass is 10.2. The summed E-state index contributed by atoms with van der Waals surface area (Å²) in [7, 11) is 0. The van der Waals surface area contributed by atoms with E-state index in [4.69, 9.17) is 0 Å². The van der Waals surface area contributed by atoms with Crippen molar-refractivity contribution in [3.63, 3.8) is 0 Å². The summed E-state index contributed by atoms with van der Waals surface area (Å²) in [6.45, 7) is 4.13. The van der Waals surface area contributed by atoms with Gasteiger partial charge in [0, 0.05) is 17.1 Å². The molecule has 23 heavy (non-hydrogen) atoms. The Bertz CT molecular complexity index is 716. The van der Waals surface area contributed by atoms with Crippen molar-refractivity contribution in [2.75, 3.05) is 0 Å². The van der Waals surface area contributed by atoms with Gasteiger partial charge >= 0.3 is 0 Å². The van der Waals surface area contributed by atoms with Crippen LogP contribution in [0.3, 0.4) is 0 Å². The molecular formula is C17H18BrN3O2. The molecule has 2 rings (SSSR count). The first-order valence-corrected chi connectivity index (χ1v) is 8.05. The molecule has 2 N–H and O–H groups in total. The molecule has 0 bridgehead atoms. The maximum atomic E-state index is 12.2. The maximum Gasteiger partial charge on any atom is 0.270 e. The Morgan fingerprint density at radius 2 is 1.74 bits per heavy atom. The van der Waals surface area contributed by atoms with Gasteiger partial charge in [-0.05, 0) is 43.7 Å². The van der Waals surface area contributed by atoms with Gasteiger partial charge in [-0.15, -0.1) is 0 Å². The second kappa shape index (κ2) is 7.87. The Morgan fingerprint density at radius 1 is 1.09 bits per heavy atom. The number of hydrogen-bond donors (Lipinski definition) is 2.